The van der Waals surface area contributed by atoms with Crippen LogP contribution < -0.4 is 5.32 Å². The van der Waals surface area contributed by atoms with Crippen LogP contribution in [0.3, 0.4) is 0 Å². The van der Waals surface area contributed by atoms with Crippen LogP contribution in [0.4, 0.5) is 0 Å². The monoisotopic (exact) mass is 301 g/mol. The second-order valence-corrected chi connectivity index (χ2v) is 4.52. The molecule has 0 aliphatic carbocycles. The lowest BCUT2D eigenvalue weighted by molar-refractivity contribution is 0.0957. The van der Waals surface area contributed by atoms with Gasteiger partial charge in [-0.2, -0.15) is 0 Å². The molecule has 0 atom stereocenters. The summed E-state index contributed by atoms with van der Waals surface area (Å²) in [6, 6.07) is 5.64. The minimum atomic E-state index is -0.0713. The standard InChI is InChI=1S/C12H13BrClNO/c1-9-4-5-10(13)8-11(9)12(16)15-7-3-2-6-14/h2-5,8H,6-7H2,1H3,(H,15,16)/b3-2+. The van der Waals surface area contributed by atoms with Gasteiger partial charge in [-0.05, 0) is 24.6 Å². The number of amides is 1. The van der Waals surface area contributed by atoms with Crippen LogP contribution in [0.2, 0.25) is 0 Å². The summed E-state index contributed by atoms with van der Waals surface area (Å²) in [6.45, 7) is 2.41. The summed E-state index contributed by atoms with van der Waals surface area (Å²) in [5, 5.41) is 2.80. The van der Waals surface area contributed by atoms with Crippen molar-refractivity contribution in [2.75, 3.05) is 12.4 Å². The molecule has 0 saturated carbocycles. The molecule has 0 fully saturated rings. The molecular weight excluding hydrogens is 289 g/mol. The lowest BCUT2D eigenvalue weighted by Crippen LogP contribution is -2.24. The van der Waals surface area contributed by atoms with Gasteiger partial charge >= 0.3 is 0 Å². The first-order valence-electron chi connectivity index (χ1n) is 4.90. The molecule has 0 aliphatic heterocycles. The van der Waals surface area contributed by atoms with Crippen molar-refractivity contribution in [2.24, 2.45) is 0 Å². The van der Waals surface area contributed by atoms with E-state index in [-0.39, 0.29) is 5.91 Å². The van der Waals surface area contributed by atoms with Gasteiger partial charge in [-0.25, -0.2) is 0 Å². The molecule has 4 heteroatoms. The number of allylic oxidation sites excluding steroid dienone is 1. The predicted octanol–water partition coefficient (Wildman–Crippen LogP) is 3.28. The number of nitrogens with one attached hydrogen (secondary N) is 1. The van der Waals surface area contributed by atoms with Crippen molar-refractivity contribution in [1.82, 2.24) is 5.32 Å². The first kappa shape index (κ1) is 13.3. The van der Waals surface area contributed by atoms with Crippen LogP contribution in [-0.2, 0) is 0 Å². The number of carbonyl (C=O) groups excluding carboxylic acids is 1. The average molecular weight is 303 g/mol. The maximum atomic E-state index is 11.8. The Morgan fingerprint density at radius 3 is 2.94 bits per heavy atom. The highest BCUT2D eigenvalue weighted by molar-refractivity contribution is 9.10. The van der Waals surface area contributed by atoms with Gasteiger partial charge in [-0.3, -0.25) is 4.79 Å². The number of hydrogen-bond acceptors (Lipinski definition) is 1. The average Bonchev–Trinajstić information content (AvgIpc) is 2.27. The topological polar surface area (TPSA) is 29.1 Å². The Hall–Kier alpha value is -0.800. The van der Waals surface area contributed by atoms with Gasteiger partial charge in [0.25, 0.3) is 5.91 Å². The van der Waals surface area contributed by atoms with E-state index in [1.54, 1.807) is 6.08 Å². The zero-order chi connectivity index (χ0) is 12.0. The third kappa shape index (κ3) is 3.99. The molecule has 1 N–H and O–H groups in total. The van der Waals surface area contributed by atoms with Crippen molar-refractivity contribution in [1.29, 1.82) is 0 Å². The highest BCUT2D eigenvalue weighted by Gasteiger charge is 2.07. The Labute approximate surface area is 109 Å². The van der Waals surface area contributed by atoms with E-state index in [4.69, 9.17) is 11.6 Å². The number of benzene rings is 1. The number of hydrogen-bond donors (Lipinski definition) is 1. The Balaban J connectivity index is 2.65. The Bertz CT molecular complexity index is 404. The van der Waals surface area contributed by atoms with E-state index in [2.05, 4.69) is 21.2 Å². The van der Waals surface area contributed by atoms with Crippen molar-refractivity contribution < 1.29 is 4.79 Å². The lowest BCUT2D eigenvalue weighted by Gasteiger charge is -2.06. The summed E-state index contributed by atoms with van der Waals surface area (Å²) < 4.78 is 0.902. The maximum Gasteiger partial charge on any atom is 0.251 e. The maximum absolute atomic E-state index is 11.8. The van der Waals surface area contributed by atoms with Crippen molar-refractivity contribution in [3.8, 4) is 0 Å². The molecule has 0 bridgehead atoms. The molecule has 86 valence electrons. The molecule has 1 aromatic rings. The number of carbonyl (C=O) groups is 1. The van der Waals surface area contributed by atoms with E-state index >= 15 is 0 Å². The van der Waals surface area contributed by atoms with Crippen molar-refractivity contribution in [3.05, 3.63) is 46.0 Å². The van der Waals surface area contributed by atoms with Gasteiger partial charge in [0, 0.05) is 22.5 Å². The molecule has 2 nitrogen and oxygen atoms in total. The fraction of sp³-hybridized carbons (Fsp3) is 0.250. The molecule has 0 aromatic heterocycles. The summed E-state index contributed by atoms with van der Waals surface area (Å²) in [7, 11) is 0. The van der Waals surface area contributed by atoms with Crippen molar-refractivity contribution >= 4 is 33.4 Å². The quantitative estimate of drug-likeness (QED) is 0.671. The molecule has 0 aliphatic rings. The largest absolute Gasteiger partial charge is 0.349 e. The Morgan fingerprint density at radius 2 is 2.25 bits per heavy atom. The molecule has 1 amide bonds. The van der Waals surface area contributed by atoms with E-state index in [1.165, 1.54) is 0 Å². The van der Waals surface area contributed by atoms with E-state index in [0.29, 0.717) is 18.0 Å². The molecule has 0 unspecified atom stereocenters. The summed E-state index contributed by atoms with van der Waals surface area (Å²) >= 11 is 8.82. The second-order valence-electron chi connectivity index (χ2n) is 3.29. The van der Waals surface area contributed by atoms with E-state index in [0.717, 1.165) is 10.0 Å². The van der Waals surface area contributed by atoms with Crippen LogP contribution in [0.15, 0.2) is 34.8 Å². The molecule has 0 spiro atoms. The summed E-state index contributed by atoms with van der Waals surface area (Å²) in [4.78, 5) is 11.8. The molecule has 0 saturated heterocycles. The number of aryl methyl sites for hydroxylation is 1. The van der Waals surface area contributed by atoms with Crippen LogP contribution in [0.25, 0.3) is 0 Å². The highest BCUT2D eigenvalue weighted by Crippen LogP contribution is 2.15. The van der Waals surface area contributed by atoms with Gasteiger partial charge in [0.05, 0.1) is 0 Å². The zero-order valence-electron chi connectivity index (χ0n) is 8.97. The third-order valence-corrected chi connectivity index (χ3v) is 2.75. The SMILES string of the molecule is Cc1ccc(Br)cc1C(=O)NC/C=C/CCl. The highest BCUT2D eigenvalue weighted by atomic mass is 79.9. The predicted molar refractivity (Wildman–Crippen MR) is 71.1 cm³/mol. The molecule has 16 heavy (non-hydrogen) atoms. The molecular formula is C12H13BrClNO. The summed E-state index contributed by atoms with van der Waals surface area (Å²) in [5.41, 5.74) is 1.65. The number of halogens is 2. The van der Waals surface area contributed by atoms with Gasteiger partial charge in [0.1, 0.15) is 0 Å². The van der Waals surface area contributed by atoms with Gasteiger partial charge < -0.3 is 5.32 Å². The lowest BCUT2D eigenvalue weighted by atomic mass is 10.1. The van der Waals surface area contributed by atoms with E-state index in [1.807, 2.05) is 31.2 Å². The molecule has 0 radical (unpaired) electrons. The number of alkyl halides is 1. The molecule has 1 aromatic carbocycles. The second kappa shape index (κ2) is 6.71. The zero-order valence-corrected chi connectivity index (χ0v) is 11.3. The van der Waals surface area contributed by atoms with Crippen LogP contribution >= 0.6 is 27.5 Å². The first-order valence-corrected chi connectivity index (χ1v) is 6.23. The third-order valence-electron chi connectivity index (χ3n) is 2.08. The first-order chi connectivity index (χ1) is 7.65. The van der Waals surface area contributed by atoms with Crippen LogP contribution in [0, 0.1) is 6.92 Å². The van der Waals surface area contributed by atoms with Crippen LogP contribution in [0.1, 0.15) is 15.9 Å². The molecule has 1 rings (SSSR count). The number of rotatable bonds is 4. The van der Waals surface area contributed by atoms with Crippen molar-refractivity contribution in [2.45, 2.75) is 6.92 Å². The van der Waals surface area contributed by atoms with E-state index in [9.17, 15) is 4.79 Å². The Morgan fingerprint density at radius 1 is 1.50 bits per heavy atom. The van der Waals surface area contributed by atoms with Crippen LogP contribution in [-0.4, -0.2) is 18.3 Å². The van der Waals surface area contributed by atoms with Crippen molar-refractivity contribution in [3.63, 3.8) is 0 Å². The fourth-order valence-corrected chi connectivity index (χ4v) is 1.72. The summed E-state index contributed by atoms with van der Waals surface area (Å²) in [5.74, 6) is 0.393. The minimum absolute atomic E-state index is 0.0713. The fourth-order valence-electron chi connectivity index (χ4n) is 1.23. The van der Waals surface area contributed by atoms with Gasteiger partial charge in [-0.15, -0.1) is 11.6 Å². The van der Waals surface area contributed by atoms with E-state index < -0.39 is 0 Å². The normalized spacial score (nSPS) is 10.7. The van der Waals surface area contributed by atoms with Crippen LogP contribution in [0.5, 0.6) is 0 Å². The van der Waals surface area contributed by atoms with Gasteiger partial charge in [0.15, 0.2) is 0 Å². The van der Waals surface area contributed by atoms with Gasteiger partial charge in [-0.1, -0.05) is 34.1 Å². The molecule has 0 heterocycles. The Kier molecular flexibility index (Phi) is 5.56. The van der Waals surface area contributed by atoms with Gasteiger partial charge in [0.2, 0.25) is 0 Å². The summed E-state index contributed by atoms with van der Waals surface area (Å²) in [6.07, 6.45) is 3.63. The minimum Gasteiger partial charge on any atom is -0.349 e. The smallest absolute Gasteiger partial charge is 0.251 e.